The maximum absolute atomic E-state index is 12.4. The van der Waals surface area contributed by atoms with Crippen LogP contribution in [0, 0.1) is 13.8 Å². The first-order valence-electron chi connectivity index (χ1n) is 7.80. The second kappa shape index (κ2) is 6.65. The van der Waals surface area contributed by atoms with E-state index >= 15 is 0 Å². The molecule has 0 radical (unpaired) electrons. The highest BCUT2D eigenvalue weighted by atomic mass is 35.5. The van der Waals surface area contributed by atoms with Gasteiger partial charge in [-0.1, -0.05) is 35.4 Å². The summed E-state index contributed by atoms with van der Waals surface area (Å²) in [4.78, 5) is 24.2. The molecule has 24 heavy (non-hydrogen) atoms. The van der Waals surface area contributed by atoms with Crippen LogP contribution in [0.4, 0.5) is 5.69 Å². The highest BCUT2D eigenvalue weighted by molar-refractivity contribution is 6.31. The van der Waals surface area contributed by atoms with Gasteiger partial charge in [0.25, 0.3) is 0 Å². The highest BCUT2D eigenvalue weighted by Gasteiger charge is 2.30. The first-order valence-corrected chi connectivity index (χ1v) is 8.18. The van der Waals surface area contributed by atoms with Crippen LogP contribution in [0.1, 0.15) is 35.4 Å². The fourth-order valence-corrected chi connectivity index (χ4v) is 3.34. The van der Waals surface area contributed by atoms with E-state index in [4.69, 9.17) is 16.3 Å². The van der Waals surface area contributed by atoms with E-state index in [1.165, 1.54) is 0 Å². The minimum absolute atomic E-state index is 0.146. The molecule has 5 heteroatoms. The summed E-state index contributed by atoms with van der Waals surface area (Å²) in [5, 5.41) is 3.43. The molecule has 0 aliphatic carbocycles. The van der Waals surface area contributed by atoms with Gasteiger partial charge in [0.1, 0.15) is 5.75 Å². The third-order valence-electron chi connectivity index (χ3n) is 4.15. The van der Waals surface area contributed by atoms with Gasteiger partial charge >= 0.3 is 5.97 Å². The zero-order chi connectivity index (χ0) is 17.3. The van der Waals surface area contributed by atoms with Crippen molar-refractivity contribution in [1.82, 2.24) is 0 Å². The van der Waals surface area contributed by atoms with Crippen LogP contribution in [-0.2, 0) is 9.59 Å². The predicted molar refractivity (Wildman–Crippen MR) is 93.6 cm³/mol. The van der Waals surface area contributed by atoms with Crippen molar-refractivity contribution in [3.05, 3.63) is 58.1 Å². The number of amides is 1. The highest BCUT2D eigenvalue weighted by Crippen LogP contribution is 2.40. The number of esters is 1. The zero-order valence-electron chi connectivity index (χ0n) is 13.6. The molecule has 124 valence electrons. The van der Waals surface area contributed by atoms with Crippen molar-refractivity contribution in [3.8, 4) is 5.75 Å². The molecule has 0 spiro atoms. The van der Waals surface area contributed by atoms with Crippen molar-refractivity contribution in [1.29, 1.82) is 0 Å². The molecule has 0 unspecified atom stereocenters. The normalized spacial score (nSPS) is 16.3. The predicted octanol–water partition coefficient (Wildman–Crippen LogP) is 4.38. The Morgan fingerprint density at radius 3 is 2.83 bits per heavy atom. The van der Waals surface area contributed by atoms with E-state index in [1.54, 1.807) is 18.2 Å². The monoisotopic (exact) mass is 343 g/mol. The van der Waals surface area contributed by atoms with Crippen molar-refractivity contribution < 1.29 is 14.3 Å². The maximum Gasteiger partial charge on any atom is 0.311 e. The number of hydrogen-bond donors (Lipinski definition) is 1. The Bertz CT molecular complexity index is 816. The minimum Gasteiger partial charge on any atom is -0.426 e. The van der Waals surface area contributed by atoms with Crippen molar-refractivity contribution >= 4 is 29.2 Å². The van der Waals surface area contributed by atoms with Crippen LogP contribution in [0.25, 0.3) is 0 Å². The van der Waals surface area contributed by atoms with Gasteiger partial charge in [0.05, 0.1) is 6.42 Å². The minimum atomic E-state index is -0.339. The summed E-state index contributed by atoms with van der Waals surface area (Å²) >= 11 is 6.25. The Morgan fingerprint density at radius 2 is 2.08 bits per heavy atom. The smallest absolute Gasteiger partial charge is 0.311 e. The van der Waals surface area contributed by atoms with E-state index in [0.29, 0.717) is 10.8 Å². The van der Waals surface area contributed by atoms with Crippen LogP contribution in [-0.4, -0.2) is 11.9 Å². The third-order valence-corrected chi connectivity index (χ3v) is 4.48. The SMILES string of the molecule is Cc1ccc(NC(=O)C[C@@H]2CC(=O)Oc3cccc(Cl)c32)c(C)c1. The molecule has 0 saturated heterocycles. The van der Waals surface area contributed by atoms with Crippen molar-refractivity contribution in [2.75, 3.05) is 5.32 Å². The van der Waals surface area contributed by atoms with E-state index in [0.717, 1.165) is 22.4 Å². The fraction of sp³-hybridized carbons (Fsp3) is 0.263. The third kappa shape index (κ3) is 3.44. The van der Waals surface area contributed by atoms with Crippen LogP contribution < -0.4 is 10.1 Å². The Hall–Kier alpha value is -2.33. The number of carbonyl (C=O) groups is 2. The van der Waals surface area contributed by atoms with Crippen LogP contribution >= 0.6 is 11.6 Å². The van der Waals surface area contributed by atoms with Gasteiger partial charge in [-0.3, -0.25) is 9.59 Å². The molecule has 0 fully saturated rings. The molecule has 3 rings (SSSR count). The fourth-order valence-electron chi connectivity index (χ4n) is 3.02. The molecule has 2 aromatic rings. The lowest BCUT2D eigenvalue weighted by molar-refractivity contribution is -0.136. The van der Waals surface area contributed by atoms with Crippen LogP contribution in [0.5, 0.6) is 5.75 Å². The molecule has 1 atom stereocenters. The number of rotatable bonds is 3. The van der Waals surface area contributed by atoms with Crippen LogP contribution in [0.3, 0.4) is 0 Å². The van der Waals surface area contributed by atoms with Gasteiger partial charge in [-0.25, -0.2) is 0 Å². The zero-order valence-corrected chi connectivity index (χ0v) is 14.3. The van der Waals surface area contributed by atoms with Gasteiger partial charge in [-0.2, -0.15) is 0 Å². The molecular formula is C19H18ClNO3. The van der Waals surface area contributed by atoms with E-state index in [2.05, 4.69) is 5.32 Å². The summed E-state index contributed by atoms with van der Waals surface area (Å²) in [5.41, 5.74) is 3.66. The number of anilines is 1. The number of ether oxygens (including phenoxy) is 1. The largest absolute Gasteiger partial charge is 0.426 e. The molecule has 2 aromatic carbocycles. The summed E-state index contributed by atoms with van der Waals surface area (Å²) in [6.07, 6.45) is 0.330. The summed E-state index contributed by atoms with van der Waals surface area (Å²) in [6, 6.07) is 11.0. The average molecular weight is 344 g/mol. The average Bonchev–Trinajstić information content (AvgIpc) is 2.49. The number of benzene rings is 2. The van der Waals surface area contributed by atoms with E-state index in [-0.39, 0.29) is 30.6 Å². The van der Waals surface area contributed by atoms with Gasteiger partial charge in [0.15, 0.2) is 0 Å². The summed E-state index contributed by atoms with van der Waals surface area (Å²) < 4.78 is 5.22. The molecule has 0 bridgehead atoms. The molecule has 1 N–H and O–H groups in total. The summed E-state index contributed by atoms with van der Waals surface area (Å²) in [6.45, 7) is 3.96. The first-order chi connectivity index (χ1) is 11.4. The van der Waals surface area contributed by atoms with Crippen molar-refractivity contribution in [2.45, 2.75) is 32.6 Å². The number of hydrogen-bond acceptors (Lipinski definition) is 3. The van der Waals surface area contributed by atoms with Crippen molar-refractivity contribution in [3.63, 3.8) is 0 Å². The van der Waals surface area contributed by atoms with Gasteiger partial charge in [-0.05, 0) is 37.6 Å². The van der Waals surface area contributed by atoms with Crippen molar-refractivity contribution in [2.24, 2.45) is 0 Å². The second-order valence-electron chi connectivity index (χ2n) is 6.10. The molecule has 1 aliphatic rings. The lowest BCUT2D eigenvalue weighted by Gasteiger charge is -2.25. The maximum atomic E-state index is 12.4. The molecule has 4 nitrogen and oxygen atoms in total. The molecule has 1 aliphatic heterocycles. The number of nitrogens with one attached hydrogen (secondary N) is 1. The summed E-state index contributed by atoms with van der Waals surface area (Å²) in [5.74, 6) is -0.314. The van der Waals surface area contributed by atoms with Gasteiger partial charge in [0.2, 0.25) is 5.91 Å². The quantitative estimate of drug-likeness (QED) is 0.664. The van der Waals surface area contributed by atoms with Gasteiger partial charge < -0.3 is 10.1 Å². The Balaban J connectivity index is 1.79. The molecule has 0 saturated carbocycles. The summed E-state index contributed by atoms with van der Waals surface area (Å²) in [7, 11) is 0. The lowest BCUT2D eigenvalue weighted by atomic mass is 9.89. The second-order valence-corrected chi connectivity index (χ2v) is 6.50. The first kappa shape index (κ1) is 16.5. The topological polar surface area (TPSA) is 55.4 Å². The molecule has 0 aromatic heterocycles. The number of carbonyl (C=O) groups excluding carboxylic acids is 2. The van der Waals surface area contributed by atoms with Crippen LogP contribution in [0.15, 0.2) is 36.4 Å². The Kier molecular flexibility index (Phi) is 4.58. The molecule has 1 amide bonds. The molecular weight excluding hydrogens is 326 g/mol. The van der Waals surface area contributed by atoms with E-state index in [9.17, 15) is 9.59 Å². The number of aryl methyl sites for hydroxylation is 2. The van der Waals surface area contributed by atoms with Gasteiger partial charge in [0, 0.05) is 28.6 Å². The lowest BCUT2D eigenvalue weighted by Crippen LogP contribution is -2.24. The van der Waals surface area contributed by atoms with E-state index in [1.807, 2.05) is 32.0 Å². The van der Waals surface area contributed by atoms with Crippen LogP contribution in [0.2, 0.25) is 5.02 Å². The Labute approximate surface area is 145 Å². The molecule has 1 heterocycles. The Morgan fingerprint density at radius 1 is 1.29 bits per heavy atom. The number of halogens is 1. The van der Waals surface area contributed by atoms with E-state index < -0.39 is 0 Å². The van der Waals surface area contributed by atoms with Gasteiger partial charge in [-0.15, -0.1) is 0 Å². The number of fused-ring (bicyclic) bond motifs is 1. The standard InChI is InChI=1S/C19H18ClNO3/c1-11-6-7-15(12(2)8-11)21-17(22)9-13-10-18(23)24-16-5-3-4-14(20)19(13)16/h3-8,13H,9-10H2,1-2H3,(H,21,22)/t13-/m1/s1.